The highest BCUT2D eigenvalue weighted by atomic mass is 32.1. The number of carbonyl (C=O) groups excluding carboxylic acids is 1. The lowest BCUT2D eigenvalue weighted by atomic mass is 10.3. The largest absolute Gasteiger partial charge is 0.322 e. The molecule has 2 aromatic rings. The normalized spacial score (nSPS) is 9.93. The number of anilines is 1. The third kappa shape index (κ3) is 2.41. The van der Waals surface area contributed by atoms with Gasteiger partial charge in [0, 0.05) is 23.0 Å². The van der Waals surface area contributed by atoms with E-state index in [0.29, 0.717) is 5.56 Å². The summed E-state index contributed by atoms with van der Waals surface area (Å²) in [5.41, 5.74) is 2.35. The first-order valence-corrected chi connectivity index (χ1v) is 5.46. The summed E-state index contributed by atoms with van der Waals surface area (Å²) in [6, 6.07) is 5.41. The van der Waals surface area contributed by atoms with Gasteiger partial charge in [-0.3, -0.25) is 9.78 Å². The van der Waals surface area contributed by atoms with Gasteiger partial charge in [-0.05, 0) is 30.5 Å². The van der Waals surface area contributed by atoms with Crippen molar-refractivity contribution in [2.24, 2.45) is 0 Å². The van der Waals surface area contributed by atoms with Crippen molar-refractivity contribution < 1.29 is 4.79 Å². The molecule has 2 heterocycles. The Morgan fingerprint density at radius 3 is 3.00 bits per heavy atom. The van der Waals surface area contributed by atoms with E-state index < -0.39 is 0 Å². The summed E-state index contributed by atoms with van der Waals surface area (Å²) >= 11 is 1.51. The van der Waals surface area contributed by atoms with Crippen LogP contribution in [0.15, 0.2) is 35.2 Å². The molecule has 0 spiro atoms. The van der Waals surface area contributed by atoms with Crippen LogP contribution in [-0.4, -0.2) is 10.9 Å². The average molecular weight is 218 g/mol. The quantitative estimate of drug-likeness (QED) is 0.842. The molecule has 0 aliphatic carbocycles. The molecular weight excluding hydrogens is 208 g/mol. The molecular formula is C11H10N2OS. The minimum Gasteiger partial charge on any atom is -0.322 e. The van der Waals surface area contributed by atoms with E-state index in [2.05, 4.69) is 10.3 Å². The molecule has 0 unspecified atom stereocenters. The van der Waals surface area contributed by atoms with Gasteiger partial charge in [0.15, 0.2) is 0 Å². The molecule has 1 N–H and O–H groups in total. The fourth-order valence-electron chi connectivity index (χ4n) is 1.22. The monoisotopic (exact) mass is 218 g/mol. The van der Waals surface area contributed by atoms with Crippen LogP contribution < -0.4 is 5.32 Å². The zero-order chi connectivity index (χ0) is 10.7. The second-order valence-corrected chi connectivity index (χ2v) is 3.93. The lowest BCUT2D eigenvalue weighted by molar-refractivity contribution is 0.102. The van der Waals surface area contributed by atoms with E-state index in [9.17, 15) is 4.79 Å². The molecule has 0 aliphatic heterocycles. The minimum absolute atomic E-state index is 0.0816. The highest BCUT2D eigenvalue weighted by molar-refractivity contribution is 7.08. The summed E-state index contributed by atoms with van der Waals surface area (Å²) in [7, 11) is 0. The molecule has 4 heteroatoms. The Bertz CT molecular complexity index is 465. The highest BCUT2D eigenvalue weighted by Crippen LogP contribution is 2.11. The number of hydrogen-bond acceptors (Lipinski definition) is 3. The van der Waals surface area contributed by atoms with Gasteiger partial charge in [-0.1, -0.05) is 0 Å². The van der Waals surface area contributed by atoms with Crippen molar-refractivity contribution in [1.29, 1.82) is 0 Å². The molecule has 2 aromatic heterocycles. The first-order valence-electron chi connectivity index (χ1n) is 4.52. The lowest BCUT2D eigenvalue weighted by Gasteiger charge is -2.03. The van der Waals surface area contributed by atoms with Crippen LogP contribution in [0, 0.1) is 6.92 Å². The fourth-order valence-corrected chi connectivity index (χ4v) is 1.86. The Morgan fingerprint density at radius 2 is 2.33 bits per heavy atom. The predicted molar refractivity (Wildman–Crippen MR) is 61.2 cm³/mol. The summed E-state index contributed by atoms with van der Waals surface area (Å²) in [5, 5.41) is 6.52. The van der Waals surface area contributed by atoms with Crippen LogP contribution in [0.3, 0.4) is 0 Å². The maximum absolute atomic E-state index is 11.7. The van der Waals surface area contributed by atoms with Gasteiger partial charge in [-0.25, -0.2) is 0 Å². The fraction of sp³-hybridized carbons (Fsp3) is 0.0909. The maximum Gasteiger partial charge on any atom is 0.256 e. The number of thiophene rings is 1. The number of amides is 1. The summed E-state index contributed by atoms with van der Waals surface area (Å²) in [5.74, 6) is -0.0816. The molecule has 0 radical (unpaired) electrons. The molecule has 0 atom stereocenters. The van der Waals surface area contributed by atoms with Crippen LogP contribution in [0.4, 0.5) is 5.69 Å². The molecule has 15 heavy (non-hydrogen) atoms. The molecule has 0 saturated heterocycles. The number of nitrogens with one attached hydrogen (secondary N) is 1. The molecule has 3 nitrogen and oxygen atoms in total. The average Bonchev–Trinajstić information content (AvgIpc) is 2.70. The molecule has 0 fully saturated rings. The summed E-state index contributed by atoms with van der Waals surface area (Å²) in [4.78, 5) is 15.7. The second-order valence-electron chi connectivity index (χ2n) is 3.15. The Hall–Kier alpha value is -1.68. The van der Waals surface area contributed by atoms with Crippen LogP contribution in [0.5, 0.6) is 0 Å². The van der Waals surface area contributed by atoms with Crippen molar-refractivity contribution in [2.75, 3.05) is 5.32 Å². The van der Waals surface area contributed by atoms with Gasteiger partial charge in [-0.2, -0.15) is 11.3 Å². The van der Waals surface area contributed by atoms with Gasteiger partial charge in [0.25, 0.3) is 5.91 Å². The van der Waals surface area contributed by atoms with Crippen LogP contribution >= 0.6 is 11.3 Å². The van der Waals surface area contributed by atoms with Crippen molar-refractivity contribution in [3.63, 3.8) is 0 Å². The molecule has 0 aliphatic rings. The van der Waals surface area contributed by atoms with Gasteiger partial charge in [0.05, 0.1) is 5.56 Å². The smallest absolute Gasteiger partial charge is 0.256 e. The van der Waals surface area contributed by atoms with Crippen molar-refractivity contribution in [1.82, 2.24) is 4.98 Å². The molecule has 1 amide bonds. The van der Waals surface area contributed by atoms with E-state index in [4.69, 9.17) is 0 Å². The SMILES string of the molecule is Cc1cc(NC(=O)c2ccsc2)ccn1. The van der Waals surface area contributed by atoms with Crippen molar-refractivity contribution in [3.05, 3.63) is 46.4 Å². The number of carbonyl (C=O) groups is 1. The zero-order valence-corrected chi connectivity index (χ0v) is 9.04. The number of pyridine rings is 1. The standard InChI is InChI=1S/C11H10N2OS/c1-8-6-10(2-4-12-8)13-11(14)9-3-5-15-7-9/h2-7H,1H3,(H,12,13,14). The van der Waals surface area contributed by atoms with E-state index >= 15 is 0 Å². The third-order valence-electron chi connectivity index (χ3n) is 1.94. The van der Waals surface area contributed by atoms with E-state index in [0.717, 1.165) is 11.4 Å². The second kappa shape index (κ2) is 4.23. The zero-order valence-electron chi connectivity index (χ0n) is 8.23. The predicted octanol–water partition coefficient (Wildman–Crippen LogP) is 2.70. The van der Waals surface area contributed by atoms with Gasteiger partial charge >= 0.3 is 0 Å². The molecule has 0 aromatic carbocycles. The molecule has 76 valence electrons. The van der Waals surface area contributed by atoms with Crippen molar-refractivity contribution >= 4 is 22.9 Å². The topological polar surface area (TPSA) is 42.0 Å². The van der Waals surface area contributed by atoms with Gasteiger partial charge in [0.2, 0.25) is 0 Å². The van der Waals surface area contributed by atoms with Gasteiger partial charge < -0.3 is 5.32 Å². The number of aromatic nitrogens is 1. The van der Waals surface area contributed by atoms with Crippen LogP contribution in [0.1, 0.15) is 16.1 Å². The maximum atomic E-state index is 11.7. The lowest BCUT2D eigenvalue weighted by Crippen LogP contribution is -2.10. The van der Waals surface area contributed by atoms with Crippen LogP contribution in [0.2, 0.25) is 0 Å². The summed E-state index contributed by atoms with van der Waals surface area (Å²) in [6.07, 6.45) is 1.68. The number of nitrogens with zero attached hydrogens (tertiary/aromatic N) is 1. The molecule has 0 bridgehead atoms. The number of aryl methyl sites for hydroxylation is 1. The molecule has 0 saturated carbocycles. The van der Waals surface area contributed by atoms with Crippen LogP contribution in [0.25, 0.3) is 0 Å². The Labute approximate surface area is 91.8 Å². The van der Waals surface area contributed by atoms with Gasteiger partial charge in [0.1, 0.15) is 0 Å². The summed E-state index contributed by atoms with van der Waals surface area (Å²) < 4.78 is 0. The van der Waals surface area contributed by atoms with E-state index in [-0.39, 0.29) is 5.91 Å². The Kier molecular flexibility index (Phi) is 2.78. The van der Waals surface area contributed by atoms with E-state index in [1.807, 2.05) is 23.8 Å². The van der Waals surface area contributed by atoms with Crippen molar-refractivity contribution in [2.45, 2.75) is 6.92 Å². The Balaban J connectivity index is 2.13. The number of hydrogen-bond donors (Lipinski definition) is 1. The Morgan fingerprint density at radius 1 is 1.47 bits per heavy atom. The van der Waals surface area contributed by atoms with Gasteiger partial charge in [-0.15, -0.1) is 0 Å². The number of rotatable bonds is 2. The molecule has 2 rings (SSSR count). The first kappa shape index (κ1) is 9.86. The third-order valence-corrected chi connectivity index (χ3v) is 2.62. The highest BCUT2D eigenvalue weighted by Gasteiger charge is 2.05. The van der Waals surface area contributed by atoms with E-state index in [1.165, 1.54) is 11.3 Å². The van der Waals surface area contributed by atoms with E-state index in [1.54, 1.807) is 18.3 Å². The first-order chi connectivity index (χ1) is 7.25. The van der Waals surface area contributed by atoms with Crippen molar-refractivity contribution in [3.8, 4) is 0 Å². The van der Waals surface area contributed by atoms with Crippen LogP contribution in [-0.2, 0) is 0 Å². The minimum atomic E-state index is -0.0816. The summed E-state index contributed by atoms with van der Waals surface area (Å²) in [6.45, 7) is 1.89.